The molecule has 3 heteroatoms. The normalized spacial score (nSPS) is 49.2. The van der Waals surface area contributed by atoms with Gasteiger partial charge in [-0.15, -0.1) is 0 Å². The number of unbranched alkanes of at least 4 members (excludes halogenated alkanes) is 2. The molecular formula is C25H43NO2. The average molecular weight is 390 g/mol. The van der Waals surface area contributed by atoms with E-state index in [1.165, 1.54) is 32.1 Å². The minimum absolute atomic E-state index is 0.0204. The Morgan fingerprint density at radius 2 is 1.82 bits per heavy atom. The third-order valence-electron chi connectivity index (χ3n) is 10.4. The highest BCUT2D eigenvalue weighted by molar-refractivity contribution is 5.79. The molecule has 3 unspecified atom stereocenters. The molecule has 160 valence electrons. The van der Waals surface area contributed by atoms with E-state index in [9.17, 15) is 9.90 Å². The molecule has 3 N–H and O–H groups in total. The van der Waals surface area contributed by atoms with Crippen molar-refractivity contribution >= 4 is 5.78 Å². The molecule has 0 amide bonds. The number of rotatable bonds is 5. The van der Waals surface area contributed by atoms with E-state index < -0.39 is 5.60 Å². The topological polar surface area (TPSA) is 63.3 Å². The van der Waals surface area contributed by atoms with Crippen LogP contribution in [0.4, 0.5) is 0 Å². The fourth-order valence-corrected chi connectivity index (χ4v) is 8.56. The summed E-state index contributed by atoms with van der Waals surface area (Å²) in [4.78, 5) is 12.1. The van der Waals surface area contributed by atoms with Gasteiger partial charge in [-0.2, -0.15) is 0 Å². The molecule has 4 rings (SSSR count). The summed E-state index contributed by atoms with van der Waals surface area (Å²) in [7, 11) is 0. The van der Waals surface area contributed by atoms with Gasteiger partial charge in [0.1, 0.15) is 5.78 Å². The van der Waals surface area contributed by atoms with Gasteiger partial charge in [0.2, 0.25) is 0 Å². The first-order valence-corrected chi connectivity index (χ1v) is 12.3. The van der Waals surface area contributed by atoms with E-state index in [0.717, 1.165) is 63.2 Å². The van der Waals surface area contributed by atoms with Gasteiger partial charge in [-0.05, 0) is 80.5 Å². The van der Waals surface area contributed by atoms with E-state index in [1.807, 2.05) is 0 Å². The number of carbonyl (C=O) groups is 1. The molecule has 4 aliphatic carbocycles. The van der Waals surface area contributed by atoms with E-state index in [0.29, 0.717) is 23.0 Å². The highest BCUT2D eigenvalue weighted by atomic mass is 16.3. The Bertz CT molecular complexity index is 605. The van der Waals surface area contributed by atoms with Gasteiger partial charge in [0, 0.05) is 24.3 Å². The molecule has 28 heavy (non-hydrogen) atoms. The predicted molar refractivity (Wildman–Crippen MR) is 114 cm³/mol. The van der Waals surface area contributed by atoms with Crippen LogP contribution in [0.3, 0.4) is 0 Å². The molecule has 4 fully saturated rings. The van der Waals surface area contributed by atoms with E-state index in [-0.39, 0.29) is 11.5 Å². The zero-order chi connectivity index (χ0) is 20.2. The van der Waals surface area contributed by atoms with Crippen molar-refractivity contribution in [3.63, 3.8) is 0 Å². The second-order valence-corrected chi connectivity index (χ2v) is 11.4. The van der Waals surface area contributed by atoms with Crippen LogP contribution in [0, 0.1) is 34.5 Å². The molecular weight excluding hydrogens is 346 g/mol. The molecule has 0 bridgehead atoms. The summed E-state index contributed by atoms with van der Waals surface area (Å²) in [6.07, 6.45) is 14.1. The Balaban J connectivity index is 1.54. The molecule has 8 atom stereocenters. The molecule has 0 spiro atoms. The van der Waals surface area contributed by atoms with E-state index >= 15 is 0 Å². The fourth-order valence-electron chi connectivity index (χ4n) is 8.56. The number of carbonyl (C=O) groups excluding carboxylic acids is 1. The highest BCUT2D eigenvalue weighted by Crippen LogP contribution is 2.68. The molecule has 0 radical (unpaired) electrons. The number of ketones is 1. The quantitative estimate of drug-likeness (QED) is 0.632. The van der Waals surface area contributed by atoms with Crippen LogP contribution in [0.1, 0.15) is 104 Å². The van der Waals surface area contributed by atoms with Gasteiger partial charge >= 0.3 is 0 Å². The molecule has 4 saturated carbocycles. The van der Waals surface area contributed by atoms with Crippen molar-refractivity contribution < 1.29 is 9.90 Å². The van der Waals surface area contributed by atoms with Crippen molar-refractivity contribution in [2.45, 2.75) is 116 Å². The average Bonchev–Trinajstić information content (AvgIpc) is 2.95. The Hall–Kier alpha value is -0.410. The summed E-state index contributed by atoms with van der Waals surface area (Å²) in [6.45, 7) is 7.10. The van der Waals surface area contributed by atoms with Gasteiger partial charge in [0.15, 0.2) is 0 Å². The lowest BCUT2D eigenvalue weighted by Crippen LogP contribution is -2.61. The number of Topliss-reactive ketones (excluding diaryl/α,β-unsaturated/α-hetero) is 1. The smallest absolute Gasteiger partial charge is 0.133 e. The van der Waals surface area contributed by atoms with E-state index in [2.05, 4.69) is 20.8 Å². The summed E-state index contributed by atoms with van der Waals surface area (Å²) in [6, 6.07) is -0.0789. The standard InChI is InChI=1S/C25H43NO2/c1-4-5-6-7-22(26)25(28)15-12-21-19-9-8-17-16-18(27)10-13-23(17,2)20(19)11-14-24(21,25)3/h17,19-22,28H,4-16,26H2,1-3H3/t17?,19-,20-,21+,22?,23+,24+,25?/m1/s1. The Kier molecular flexibility index (Phi) is 5.49. The number of fused-ring (bicyclic) bond motifs is 5. The maximum atomic E-state index is 12.1. The van der Waals surface area contributed by atoms with Crippen molar-refractivity contribution in [1.29, 1.82) is 0 Å². The zero-order valence-corrected chi connectivity index (χ0v) is 18.5. The van der Waals surface area contributed by atoms with Gasteiger partial charge in [-0.1, -0.05) is 40.0 Å². The third kappa shape index (κ3) is 2.94. The number of nitrogens with two attached hydrogens (primary N) is 1. The van der Waals surface area contributed by atoms with Gasteiger partial charge in [-0.3, -0.25) is 4.79 Å². The van der Waals surface area contributed by atoms with Crippen LogP contribution in [-0.2, 0) is 4.79 Å². The largest absolute Gasteiger partial charge is 0.388 e. The second kappa shape index (κ2) is 7.38. The van der Waals surface area contributed by atoms with Crippen LogP contribution in [-0.4, -0.2) is 22.5 Å². The molecule has 0 saturated heterocycles. The summed E-state index contributed by atoms with van der Waals surface area (Å²) >= 11 is 0. The van der Waals surface area contributed by atoms with E-state index in [4.69, 9.17) is 5.73 Å². The van der Waals surface area contributed by atoms with Gasteiger partial charge in [-0.25, -0.2) is 0 Å². The van der Waals surface area contributed by atoms with Gasteiger partial charge in [0.05, 0.1) is 5.60 Å². The van der Waals surface area contributed by atoms with Crippen LogP contribution in [0.15, 0.2) is 0 Å². The summed E-state index contributed by atoms with van der Waals surface area (Å²) < 4.78 is 0. The number of aliphatic hydroxyl groups is 1. The third-order valence-corrected chi connectivity index (χ3v) is 10.4. The lowest BCUT2D eigenvalue weighted by atomic mass is 9.44. The molecule has 3 nitrogen and oxygen atoms in total. The molecule has 0 aromatic rings. The highest BCUT2D eigenvalue weighted by Gasteiger charge is 2.65. The van der Waals surface area contributed by atoms with Gasteiger partial charge in [0.25, 0.3) is 0 Å². The first-order valence-electron chi connectivity index (χ1n) is 12.3. The lowest BCUT2D eigenvalue weighted by molar-refractivity contribution is -0.162. The van der Waals surface area contributed by atoms with Crippen LogP contribution in [0.2, 0.25) is 0 Å². The van der Waals surface area contributed by atoms with Crippen LogP contribution in [0.5, 0.6) is 0 Å². The van der Waals surface area contributed by atoms with E-state index in [1.54, 1.807) is 0 Å². The predicted octanol–water partition coefficient (Wildman–Crippen LogP) is 5.24. The zero-order valence-electron chi connectivity index (χ0n) is 18.5. The number of hydrogen-bond acceptors (Lipinski definition) is 3. The summed E-state index contributed by atoms with van der Waals surface area (Å²) in [5.41, 5.74) is 6.32. The molecule has 0 heterocycles. The Labute approximate surface area is 172 Å². The number of hydrogen-bond donors (Lipinski definition) is 2. The monoisotopic (exact) mass is 389 g/mol. The van der Waals surface area contributed by atoms with Crippen molar-refractivity contribution in [3.8, 4) is 0 Å². The van der Waals surface area contributed by atoms with Crippen molar-refractivity contribution in [3.05, 3.63) is 0 Å². The van der Waals surface area contributed by atoms with Crippen molar-refractivity contribution in [2.75, 3.05) is 0 Å². The summed E-state index contributed by atoms with van der Waals surface area (Å²) in [5, 5.41) is 11.9. The van der Waals surface area contributed by atoms with Crippen LogP contribution in [0.25, 0.3) is 0 Å². The second-order valence-electron chi connectivity index (χ2n) is 11.4. The molecule has 0 aromatic heterocycles. The maximum absolute atomic E-state index is 12.1. The SMILES string of the molecule is CCCCCC(N)C1(O)CC[C@H]2[C@@H]3CCC4CC(=O)CC[C@]4(C)[C@@H]3CC[C@@]21C. The minimum atomic E-state index is -0.684. The van der Waals surface area contributed by atoms with Crippen LogP contribution < -0.4 is 5.73 Å². The minimum Gasteiger partial charge on any atom is -0.388 e. The first kappa shape index (κ1) is 20.8. The Morgan fingerprint density at radius 1 is 1.07 bits per heavy atom. The Morgan fingerprint density at radius 3 is 2.57 bits per heavy atom. The molecule has 4 aliphatic rings. The van der Waals surface area contributed by atoms with Crippen molar-refractivity contribution in [1.82, 2.24) is 0 Å². The molecule has 0 aliphatic heterocycles. The maximum Gasteiger partial charge on any atom is 0.133 e. The summed E-state index contributed by atoms with van der Waals surface area (Å²) in [5.74, 6) is 3.19. The van der Waals surface area contributed by atoms with Gasteiger partial charge < -0.3 is 10.8 Å². The molecule has 0 aromatic carbocycles. The van der Waals surface area contributed by atoms with Crippen molar-refractivity contribution in [2.24, 2.45) is 40.2 Å². The lowest BCUT2D eigenvalue weighted by Gasteiger charge is -2.61. The van der Waals surface area contributed by atoms with Crippen LogP contribution >= 0.6 is 0 Å². The first-order chi connectivity index (χ1) is 13.3. The fraction of sp³-hybridized carbons (Fsp3) is 0.960.